The van der Waals surface area contributed by atoms with E-state index in [1.165, 1.54) is 17.8 Å². The summed E-state index contributed by atoms with van der Waals surface area (Å²) in [5.41, 5.74) is 0.841. The number of hydrogen-bond acceptors (Lipinski definition) is 4. The number of carbonyl (C=O) groups excluding carboxylic acids is 1. The third kappa shape index (κ3) is 1.16. The summed E-state index contributed by atoms with van der Waals surface area (Å²) in [4.78, 5) is 13.9. The first-order chi connectivity index (χ1) is 5.90. The van der Waals surface area contributed by atoms with E-state index in [1.807, 2.05) is 24.3 Å². The van der Waals surface area contributed by atoms with Gasteiger partial charge >= 0.3 is 6.47 Å². The lowest BCUT2D eigenvalue weighted by Crippen LogP contribution is -1.85. The molecule has 0 bridgehead atoms. The topological polar surface area (TPSA) is 39.2 Å². The Labute approximate surface area is 72.6 Å². The Morgan fingerprint density at radius 1 is 1.42 bits per heavy atom. The van der Waals surface area contributed by atoms with Gasteiger partial charge in [0, 0.05) is 0 Å². The largest absolute Gasteiger partial charge is 0.425 e. The SMILES string of the molecule is O=[C]Oc1nc2ccccc2s1. The van der Waals surface area contributed by atoms with Crippen molar-refractivity contribution >= 4 is 28.0 Å². The van der Waals surface area contributed by atoms with E-state index >= 15 is 0 Å². The van der Waals surface area contributed by atoms with Gasteiger partial charge in [-0.15, -0.1) is 0 Å². The minimum absolute atomic E-state index is 0.339. The molecule has 3 nitrogen and oxygen atoms in total. The fourth-order valence-corrected chi connectivity index (χ4v) is 1.70. The summed E-state index contributed by atoms with van der Waals surface area (Å²) in [7, 11) is 0. The molecule has 1 aromatic heterocycles. The zero-order chi connectivity index (χ0) is 8.39. The van der Waals surface area contributed by atoms with Crippen LogP contribution in [0.25, 0.3) is 10.2 Å². The number of rotatable bonds is 2. The number of thiazole rings is 1. The predicted octanol–water partition coefficient (Wildman–Crippen LogP) is 1.74. The van der Waals surface area contributed by atoms with Gasteiger partial charge in [-0.05, 0) is 12.1 Å². The van der Waals surface area contributed by atoms with Crippen LogP contribution in [0.15, 0.2) is 24.3 Å². The van der Waals surface area contributed by atoms with E-state index in [0.29, 0.717) is 5.19 Å². The highest BCUT2D eigenvalue weighted by atomic mass is 32.1. The van der Waals surface area contributed by atoms with Crippen LogP contribution in [-0.2, 0) is 4.79 Å². The molecule has 1 heterocycles. The van der Waals surface area contributed by atoms with E-state index in [-0.39, 0.29) is 0 Å². The number of hydrogen-bond donors (Lipinski definition) is 0. The Bertz CT molecular complexity index is 377. The molecule has 0 saturated heterocycles. The van der Waals surface area contributed by atoms with Gasteiger partial charge in [-0.2, -0.15) is 0 Å². The summed E-state index contributed by atoms with van der Waals surface area (Å²) in [6.45, 7) is 1.34. The quantitative estimate of drug-likeness (QED) is 0.703. The number of para-hydroxylation sites is 1. The zero-order valence-electron chi connectivity index (χ0n) is 5.98. The summed E-state index contributed by atoms with van der Waals surface area (Å²) in [5.74, 6) is 0. The first-order valence-corrected chi connectivity index (χ1v) is 4.11. The van der Waals surface area contributed by atoms with Crippen LogP contribution in [0, 0.1) is 0 Å². The zero-order valence-corrected chi connectivity index (χ0v) is 6.80. The van der Waals surface area contributed by atoms with Crippen LogP contribution in [0.2, 0.25) is 0 Å². The third-order valence-electron chi connectivity index (χ3n) is 1.40. The Kier molecular flexibility index (Phi) is 1.75. The van der Waals surface area contributed by atoms with Crippen molar-refractivity contribution < 1.29 is 9.53 Å². The smallest absolute Gasteiger partial charge is 0.389 e. The van der Waals surface area contributed by atoms with Crippen molar-refractivity contribution in [3.8, 4) is 5.19 Å². The molecular weight excluding hydrogens is 174 g/mol. The van der Waals surface area contributed by atoms with Crippen LogP contribution < -0.4 is 4.74 Å². The average molecular weight is 178 g/mol. The van der Waals surface area contributed by atoms with E-state index < -0.39 is 0 Å². The van der Waals surface area contributed by atoms with Crippen LogP contribution >= 0.6 is 11.3 Å². The van der Waals surface area contributed by atoms with Crippen LogP contribution in [0.4, 0.5) is 0 Å². The average Bonchev–Trinajstić information content (AvgIpc) is 2.47. The number of benzene rings is 1. The van der Waals surface area contributed by atoms with Gasteiger partial charge < -0.3 is 4.74 Å². The monoisotopic (exact) mass is 178 g/mol. The van der Waals surface area contributed by atoms with Gasteiger partial charge in [-0.25, -0.2) is 9.78 Å². The van der Waals surface area contributed by atoms with E-state index in [2.05, 4.69) is 9.72 Å². The van der Waals surface area contributed by atoms with Crippen molar-refractivity contribution in [3.05, 3.63) is 24.3 Å². The highest BCUT2D eigenvalue weighted by molar-refractivity contribution is 7.20. The molecule has 2 aromatic rings. The van der Waals surface area contributed by atoms with Gasteiger partial charge in [0.05, 0.1) is 10.2 Å². The molecule has 2 rings (SSSR count). The maximum Gasteiger partial charge on any atom is 0.425 e. The number of nitrogens with zero attached hydrogens (tertiary/aromatic N) is 1. The molecule has 0 aliphatic heterocycles. The van der Waals surface area contributed by atoms with E-state index in [0.717, 1.165) is 10.2 Å². The maximum absolute atomic E-state index is 9.87. The molecular formula is C8H4NO2S. The molecule has 0 amide bonds. The molecule has 12 heavy (non-hydrogen) atoms. The van der Waals surface area contributed by atoms with Crippen molar-refractivity contribution in [1.29, 1.82) is 0 Å². The Hall–Kier alpha value is -1.42. The third-order valence-corrected chi connectivity index (χ3v) is 2.32. The second-order valence-corrected chi connectivity index (χ2v) is 3.13. The molecule has 1 radical (unpaired) electrons. The van der Waals surface area contributed by atoms with Gasteiger partial charge in [0.15, 0.2) is 0 Å². The summed E-state index contributed by atoms with van der Waals surface area (Å²) in [6, 6.07) is 7.58. The summed E-state index contributed by atoms with van der Waals surface area (Å²) >= 11 is 1.33. The highest BCUT2D eigenvalue weighted by Gasteiger charge is 2.02. The van der Waals surface area contributed by atoms with Crippen LogP contribution in [0.3, 0.4) is 0 Å². The molecule has 0 atom stereocenters. The standard InChI is InChI=1S/C8H4NO2S/c10-5-11-8-9-6-3-1-2-4-7(6)12-8/h1-4H. The number of ether oxygens (including phenoxy) is 1. The molecule has 0 aliphatic carbocycles. The van der Waals surface area contributed by atoms with E-state index in [1.54, 1.807) is 0 Å². The van der Waals surface area contributed by atoms with Crippen molar-refractivity contribution in [2.24, 2.45) is 0 Å². The molecule has 0 fully saturated rings. The number of fused-ring (bicyclic) bond motifs is 1. The first-order valence-electron chi connectivity index (χ1n) is 3.30. The second-order valence-electron chi connectivity index (χ2n) is 2.13. The lowest BCUT2D eigenvalue weighted by molar-refractivity contribution is 0.441. The Balaban J connectivity index is 2.54. The molecule has 4 heteroatoms. The Morgan fingerprint density at radius 3 is 3.00 bits per heavy atom. The minimum Gasteiger partial charge on any atom is -0.389 e. The van der Waals surface area contributed by atoms with Crippen molar-refractivity contribution in [2.75, 3.05) is 0 Å². The summed E-state index contributed by atoms with van der Waals surface area (Å²) in [5, 5.41) is 0.339. The van der Waals surface area contributed by atoms with Gasteiger partial charge in [0.2, 0.25) is 0 Å². The second kappa shape index (κ2) is 2.91. The molecule has 1 aromatic carbocycles. The van der Waals surface area contributed by atoms with Gasteiger partial charge in [0.1, 0.15) is 0 Å². The van der Waals surface area contributed by atoms with Gasteiger partial charge in [-0.1, -0.05) is 23.5 Å². The van der Waals surface area contributed by atoms with Crippen LogP contribution in [-0.4, -0.2) is 11.5 Å². The van der Waals surface area contributed by atoms with Crippen molar-refractivity contribution in [1.82, 2.24) is 4.98 Å². The molecule has 0 spiro atoms. The minimum atomic E-state index is 0.339. The van der Waals surface area contributed by atoms with Crippen molar-refractivity contribution in [2.45, 2.75) is 0 Å². The van der Waals surface area contributed by atoms with E-state index in [9.17, 15) is 4.79 Å². The number of aromatic nitrogens is 1. The molecule has 0 N–H and O–H groups in total. The predicted molar refractivity (Wildman–Crippen MR) is 45.9 cm³/mol. The van der Waals surface area contributed by atoms with Gasteiger partial charge in [-0.3, -0.25) is 0 Å². The lowest BCUT2D eigenvalue weighted by atomic mass is 10.3. The normalized spacial score (nSPS) is 10.0. The lowest BCUT2D eigenvalue weighted by Gasteiger charge is -1.81. The fourth-order valence-electron chi connectivity index (χ4n) is 0.930. The molecule has 0 saturated carbocycles. The summed E-state index contributed by atoms with van der Waals surface area (Å²) in [6.07, 6.45) is 0. The molecule has 0 aliphatic rings. The first kappa shape index (κ1) is 7.24. The molecule has 0 unspecified atom stereocenters. The fraction of sp³-hybridized carbons (Fsp3) is 0. The Morgan fingerprint density at radius 2 is 2.25 bits per heavy atom. The van der Waals surface area contributed by atoms with E-state index in [4.69, 9.17) is 0 Å². The summed E-state index contributed by atoms with van der Waals surface area (Å²) < 4.78 is 5.50. The van der Waals surface area contributed by atoms with Crippen molar-refractivity contribution in [3.63, 3.8) is 0 Å². The van der Waals surface area contributed by atoms with Gasteiger partial charge in [0.25, 0.3) is 5.19 Å². The highest BCUT2D eigenvalue weighted by Crippen LogP contribution is 2.26. The van der Waals surface area contributed by atoms with Crippen LogP contribution in [0.1, 0.15) is 0 Å². The maximum atomic E-state index is 9.87. The van der Waals surface area contributed by atoms with Crippen LogP contribution in [0.5, 0.6) is 5.19 Å². The molecule has 59 valence electrons.